The summed E-state index contributed by atoms with van der Waals surface area (Å²) < 4.78 is 6.26. The first kappa shape index (κ1) is 24.7. The fraction of sp³-hybridized carbons (Fsp3) is 0. The number of halogens is 1. The first-order valence-corrected chi connectivity index (χ1v) is 15.4. The average molecular weight is 584 g/mol. The van der Waals surface area contributed by atoms with Crippen molar-refractivity contribution in [3.63, 3.8) is 0 Å². The molecule has 1 aliphatic rings. The van der Waals surface area contributed by atoms with Crippen molar-refractivity contribution in [3.8, 4) is 11.1 Å². The van der Waals surface area contributed by atoms with Gasteiger partial charge >= 0.3 is 0 Å². The number of para-hydroxylation sites is 3. The van der Waals surface area contributed by atoms with Gasteiger partial charge in [-0.15, -0.1) is 0 Å². The first-order chi connectivity index (χ1) is 20.2. The molecule has 0 bridgehead atoms. The van der Waals surface area contributed by atoms with E-state index in [1.54, 1.807) is 0 Å². The van der Waals surface area contributed by atoms with E-state index in [2.05, 4.69) is 120 Å². The van der Waals surface area contributed by atoms with Crippen LogP contribution in [-0.2, 0) is 0 Å². The van der Waals surface area contributed by atoms with Crippen LogP contribution >= 0.6 is 35.1 Å². The maximum absolute atomic E-state index is 7.14. The summed E-state index contributed by atoms with van der Waals surface area (Å²) in [7, 11) is 0. The van der Waals surface area contributed by atoms with Crippen LogP contribution in [0.3, 0.4) is 0 Å². The summed E-state index contributed by atoms with van der Waals surface area (Å²) >= 11 is 10.8. The topological polar surface area (TPSA) is 16.4 Å². The Bertz CT molecular complexity index is 2090. The predicted octanol–water partition coefficient (Wildman–Crippen LogP) is 12.0. The van der Waals surface area contributed by atoms with E-state index in [1.807, 2.05) is 41.7 Å². The predicted molar refractivity (Wildman–Crippen MR) is 174 cm³/mol. The second kappa shape index (κ2) is 10.1. The number of fused-ring (bicyclic) bond motifs is 5. The highest BCUT2D eigenvalue weighted by molar-refractivity contribution is 8.05. The summed E-state index contributed by atoms with van der Waals surface area (Å²) in [6.07, 6.45) is 0. The molecule has 0 atom stereocenters. The van der Waals surface area contributed by atoms with Crippen LogP contribution in [-0.4, -0.2) is 0 Å². The summed E-state index contributed by atoms with van der Waals surface area (Å²) in [4.78, 5) is 7.45. The van der Waals surface area contributed by atoms with E-state index in [0.717, 1.165) is 44.5 Å². The van der Waals surface area contributed by atoms with E-state index in [-0.39, 0.29) is 0 Å². The van der Waals surface area contributed by atoms with Crippen molar-refractivity contribution in [1.82, 2.24) is 0 Å². The number of furan rings is 1. The zero-order valence-corrected chi connectivity index (χ0v) is 24.1. The SMILES string of the molecule is Clc1c(-c2ccccc2N(c2ccccc2)c2ccc3c(c2)Sc2ccccc2S3)ccc2c1oc1ccccc12. The van der Waals surface area contributed by atoms with Gasteiger partial charge in [0.1, 0.15) is 5.58 Å². The van der Waals surface area contributed by atoms with Gasteiger partial charge < -0.3 is 9.32 Å². The Morgan fingerprint density at radius 2 is 1.20 bits per heavy atom. The van der Waals surface area contributed by atoms with Gasteiger partial charge in [0.05, 0.1) is 10.7 Å². The van der Waals surface area contributed by atoms with Gasteiger partial charge in [0.25, 0.3) is 0 Å². The highest BCUT2D eigenvalue weighted by Crippen LogP contribution is 2.51. The number of hydrogen-bond donors (Lipinski definition) is 0. The lowest BCUT2D eigenvalue weighted by atomic mass is 10.00. The minimum atomic E-state index is 0.619. The van der Waals surface area contributed by atoms with E-state index in [9.17, 15) is 0 Å². The Morgan fingerprint density at radius 3 is 2.05 bits per heavy atom. The molecule has 1 aliphatic heterocycles. The Morgan fingerprint density at radius 1 is 0.512 bits per heavy atom. The molecule has 41 heavy (non-hydrogen) atoms. The summed E-state index contributed by atoms with van der Waals surface area (Å²) in [6, 6.07) is 46.6. The minimum Gasteiger partial charge on any atom is -0.454 e. The van der Waals surface area contributed by atoms with Crippen LogP contribution < -0.4 is 4.90 Å². The molecule has 0 N–H and O–H groups in total. The lowest BCUT2D eigenvalue weighted by Gasteiger charge is -2.29. The van der Waals surface area contributed by atoms with Gasteiger partial charge in [-0.1, -0.05) is 108 Å². The van der Waals surface area contributed by atoms with Crippen LogP contribution in [0.15, 0.2) is 157 Å². The molecule has 5 heteroatoms. The van der Waals surface area contributed by atoms with E-state index in [0.29, 0.717) is 10.6 Å². The average Bonchev–Trinajstić information content (AvgIpc) is 3.41. The van der Waals surface area contributed by atoms with Crippen LogP contribution in [0.1, 0.15) is 0 Å². The molecule has 0 spiro atoms. The zero-order chi connectivity index (χ0) is 27.3. The number of anilines is 3. The normalized spacial score (nSPS) is 12.3. The van der Waals surface area contributed by atoms with Gasteiger partial charge in [0.15, 0.2) is 5.58 Å². The van der Waals surface area contributed by atoms with Crippen molar-refractivity contribution in [3.05, 3.63) is 138 Å². The Labute approximate surface area is 251 Å². The lowest BCUT2D eigenvalue weighted by Crippen LogP contribution is -2.11. The second-order valence-electron chi connectivity index (χ2n) is 9.87. The number of benzene rings is 6. The van der Waals surface area contributed by atoms with Crippen molar-refractivity contribution in [2.45, 2.75) is 19.6 Å². The zero-order valence-electron chi connectivity index (χ0n) is 21.8. The Balaban J connectivity index is 1.30. The lowest BCUT2D eigenvalue weighted by molar-refractivity contribution is 0.669. The maximum Gasteiger partial charge on any atom is 0.154 e. The molecule has 0 unspecified atom stereocenters. The number of hydrogen-bond acceptors (Lipinski definition) is 4. The van der Waals surface area contributed by atoms with Crippen LogP contribution in [0.25, 0.3) is 33.1 Å². The molecule has 0 saturated heterocycles. The molecule has 0 fully saturated rings. The van der Waals surface area contributed by atoms with Crippen LogP contribution in [0.5, 0.6) is 0 Å². The monoisotopic (exact) mass is 583 g/mol. The maximum atomic E-state index is 7.14. The van der Waals surface area contributed by atoms with Crippen molar-refractivity contribution >= 4 is 74.1 Å². The van der Waals surface area contributed by atoms with Crippen molar-refractivity contribution in [2.24, 2.45) is 0 Å². The molecule has 2 heterocycles. The van der Waals surface area contributed by atoms with Gasteiger partial charge in [-0.25, -0.2) is 0 Å². The van der Waals surface area contributed by atoms with Crippen molar-refractivity contribution in [1.29, 1.82) is 0 Å². The van der Waals surface area contributed by atoms with E-state index in [1.165, 1.54) is 19.6 Å². The molecule has 0 radical (unpaired) electrons. The summed E-state index contributed by atoms with van der Waals surface area (Å²) in [5.41, 5.74) is 6.75. The molecule has 1 aromatic heterocycles. The Kier molecular flexibility index (Phi) is 6.07. The van der Waals surface area contributed by atoms with Gasteiger partial charge in [-0.05, 0) is 60.7 Å². The Hall–Kier alpha value is -4.09. The third-order valence-corrected chi connectivity index (χ3v) is 10.3. The number of nitrogens with zero attached hydrogens (tertiary/aromatic N) is 1. The quantitative estimate of drug-likeness (QED) is 0.205. The third kappa shape index (κ3) is 4.22. The standard InChI is InChI=1S/C36H22ClNOS2/c37-35-27(19-20-28-26-13-5-7-15-30(26)39-36(28)35)25-12-4-6-14-29(25)38(23-10-2-1-3-11-23)24-18-21-33-34(22-24)41-32-17-9-8-16-31(32)40-33/h1-22H. The molecule has 6 aromatic carbocycles. The van der Waals surface area contributed by atoms with Crippen molar-refractivity contribution in [2.75, 3.05) is 4.90 Å². The van der Waals surface area contributed by atoms with Crippen LogP contribution in [0.4, 0.5) is 17.1 Å². The highest BCUT2D eigenvalue weighted by Gasteiger charge is 2.23. The highest BCUT2D eigenvalue weighted by atomic mass is 35.5. The minimum absolute atomic E-state index is 0.619. The molecule has 0 saturated carbocycles. The van der Waals surface area contributed by atoms with Gasteiger partial charge in [0, 0.05) is 52.9 Å². The molecular formula is C36H22ClNOS2. The molecular weight excluding hydrogens is 562 g/mol. The summed E-state index contributed by atoms with van der Waals surface area (Å²) in [6.45, 7) is 0. The molecule has 8 rings (SSSR count). The van der Waals surface area contributed by atoms with Gasteiger partial charge in [-0.3, -0.25) is 0 Å². The third-order valence-electron chi connectivity index (χ3n) is 7.41. The van der Waals surface area contributed by atoms with Gasteiger partial charge in [0.2, 0.25) is 0 Å². The molecule has 0 aliphatic carbocycles. The molecule has 196 valence electrons. The largest absolute Gasteiger partial charge is 0.454 e. The second-order valence-corrected chi connectivity index (χ2v) is 12.4. The van der Waals surface area contributed by atoms with Crippen LogP contribution in [0.2, 0.25) is 5.02 Å². The molecule has 7 aromatic rings. The smallest absolute Gasteiger partial charge is 0.154 e. The van der Waals surface area contributed by atoms with Crippen molar-refractivity contribution < 1.29 is 4.42 Å². The van der Waals surface area contributed by atoms with Gasteiger partial charge in [-0.2, -0.15) is 0 Å². The van der Waals surface area contributed by atoms with E-state index in [4.69, 9.17) is 16.0 Å². The molecule has 0 amide bonds. The molecule has 2 nitrogen and oxygen atoms in total. The van der Waals surface area contributed by atoms with E-state index < -0.39 is 0 Å². The first-order valence-electron chi connectivity index (χ1n) is 13.4. The van der Waals surface area contributed by atoms with E-state index >= 15 is 0 Å². The summed E-state index contributed by atoms with van der Waals surface area (Å²) in [5, 5.41) is 2.71. The van der Waals surface area contributed by atoms with Crippen LogP contribution in [0, 0.1) is 0 Å². The summed E-state index contributed by atoms with van der Waals surface area (Å²) in [5.74, 6) is 0. The number of rotatable bonds is 4. The fourth-order valence-electron chi connectivity index (χ4n) is 5.52. The fourth-order valence-corrected chi connectivity index (χ4v) is 8.07.